The van der Waals surface area contributed by atoms with Crippen molar-refractivity contribution in [1.82, 2.24) is 0 Å². The van der Waals surface area contributed by atoms with Crippen molar-refractivity contribution in [2.75, 3.05) is 0 Å². The summed E-state index contributed by atoms with van der Waals surface area (Å²) in [5.74, 6) is -2.18. The molecule has 0 radical (unpaired) electrons. The molecule has 2 aromatic carbocycles. The lowest BCUT2D eigenvalue weighted by atomic mass is 9.95. The molecule has 4 atom stereocenters. The third-order valence-corrected chi connectivity index (χ3v) is 7.55. The highest BCUT2D eigenvalue weighted by molar-refractivity contribution is 7.59. The SMILES string of the molecule is C/C=C\C(C(C(=O)O)c1ccccc1)P(=O)(O)C(CCC)c1ccccc1. The first kappa shape index (κ1) is 21.1. The zero-order valence-corrected chi connectivity index (χ0v) is 16.6. The summed E-state index contributed by atoms with van der Waals surface area (Å²) in [4.78, 5) is 23.4. The van der Waals surface area contributed by atoms with Crippen LogP contribution in [-0.4, -0.2) is 21.6 Å². The molecular formula is C22H27O4P. The first-order valence-electron chi connectivity index (χ1n) is 9.21. The quantitative estimate of drug-likeness (QED) is 0.434. The third kappa shape index (κ3) is 4.97. The number of carbonyl (C=O) groups is 1. The van der Waals surface area contributed by atoms with Crippen molar-refractivity contribution in [2.45, 2.75) is 43.9 Å². The predicted octanol–water partition coefficient (Wildman–Crippen LogP) is 5.61. The lowest BCUT2D eigenvalue weighted by molar-refractivity contribution is -0.138. The summed E-state index contributed by atoms with van der Waals surface area (Å²) in [6.07, 6.45) is 4.50. The van der Waals surface area contributed by atoms with E-state index in [0.29, 0.717) is 12.0 Å². The number of aliphatic carboxylic acids is 1. The maximum absolute atomic E-state index is 13.8. The normalized spacial score (nSPS) is 17.1. The van der Waals surface area contributed by atoms with Crippen LogP contribution in [0.1, 0.15) is 49.4 Å². The molecule has 0 fully saturated rings. The van der Waals surface area contributed by atoms with Gasteiger partial charge < -0.3 is 10.00 Å². The molecular weight excluding hydrogens is 359 g/mol. The van der Waals surface area contributed by atoms with Crippen LogP contribution in [0.5, 0.6) is 0 Å². The van der Waals surface area contributed by atoms with Crippen LogP contribution in [0.4, 0.5) is 0 Å². The summed E-state index contributed by atoms with van der Waals surface area (Å²) in [6, 6.07) is 17.9. The summed E-state index contributed by atoms with van der Waals surface area (Å²) in [6.45, 7) is 3.71. The second-order valence-electron chi connectivity index (χ2n) is 6.63. The molecule has 0 aliphatic rings. The van der Waals surface area contributed by atoms with Crippen molar-refractivity contribution in [3.05, 3.63) is 83.9 Å². The van der Waals surface area contributed by atoms with E-state index in [1.807, 2.05) is 37.3 Å². The van der Waals surface area contributed by atoms with Crippen LogP contribution >= 0.6 is 7.37 Å². The van der Waals surface area contributed by atoms with Gasteiger partial charge in [-0.3, -0.25) is 9.36 Å². The Bertz CT molecular complexity index is 802. The fourth-order valence-corrected chi connectivity index (χ4v) is 6.30. The van der Waals surface area contributed by atoms with Crippen LogP contribution < -0.4 is 0 Å². The summed E-state index contributed by atoms with van der Waals surface area (Å²) in [5.41, 5.74) is -0.294. The second-order valence-corrected chi connectivity index (χ2v) is 9.20. The largest absolute Gasteiger partial charge is 0.481 e. The summed E-state index contributed by atoms with van der Waals surface area (Å²) >= 11 is 0. The van der Waals surface area contributed by atoms with E-state index >= 15 is 0 Å². The number of hydrogen-bond donors (Lipinski definition) is 2. The van der Waals surface area contributed by atoms with Crippen LogP contribution in [0.2, 0.25) is 0 Å². The number of carboxylic acid groups (broad SMARTS) is 1. The zero-order valence-electron chi connectivity index (χ0n) is 15.7. The minimum absolute atomic E-state index is 0.521. The van der Waals surface area contributed by atoms with Crippen LogP contribution in [-0.2, 0) is 9.36 Å². The Morgan fingerprint density at radius 1 is 1.04 bits per heavy atom. The molecule has 0 aliphatic heterocycles. The van der Waals surface area contributed by atoms with Crippen LogP contribution in [0.15, 0.2) is 72.8 Å². The molecule has 2 N–H and O–H groups in total. The van der Waals surface area contributed by atoms with E-state index in [0.717, 1.165) is 12.0 Å². The van der Waals surface area contributed by atoms with Gasteiger partial charge in [0.05, 0.1) is 17.2 Å². The van der Waals surface area contributed by atoms with E-state index in [1.54, 1.807) is 49.4 Å². The van der Waals surface area contributed by atoms with Gasteiger partial charge in [0.15, 0.2) is 0 Å². The third-order valence-electron chi connectivity index (χ3n) is 4.78. The molecule has 144 valence electrons. The van der Waals surface area contributed by atoms with E-state index in [9.17, 15) is 19.4 Å². The topological polar surface area (TPSA) is 74.6 Å². The Labute approximate surface area is 161 Å². The molecule has 0 aliphatic carbocycles. The molecule has 2 aromatic rings. The molecule has 27 heavy (non-hydrogen) atoms. The smallest absolute Gasteiger partial charge is 0.312 e. The van der Waals surface area contributed by atoms with Crippen molar-refractivity contribution in [1.29, 1.82) is 0 Å². The lowest BCUT2D eigenvalue weighted by Gasteiger charge is -2.32. The molecule has 0 saturated carbocycles. The van der Waals surface area contributed by atoms with Gasteiger partial charge in [0.2, 0.25) is 7.37 Å². The summed E-state index contributed by atoms with van der Waals surface area (Å²) < 4.78 is 13.8. The van der Waals surface area contributed by atoms with E-state index in [1.165, 1.54) is 0 Å². The van der Waals surface area contributed by atoms with E-state index in [2.05, 4.69) is 0 Å². The van der Waals surface area contributed by atoms with Crippen molar-refractivity contribution in [2.24, 2.45) is 0 Å². The van der Waals surface area contributed by atoms with Crippen LogP contribution in [0.3, 0.4) is 0 Å². The van der Waals surface area contributed by atoms with Gasteiger partial charge in [-0.1, -0.05) is 86.2 Å². The molecule has 4 nitrogen and oxygen atoms in total. The van der Waals surface area contributed by atoms with Gasteiger partial charge in [-0.2, -0.15) is 0 Å². The highest BCUT2D eigenvalue weighted by Crippen LogP contribution is 2.64. The first-order valence-corrected chi connectivity index (χ1v) is 11.0. The van der Waals surface area contributed by atoms with E-state index in [-0.39, 0.29) is 0 Å². The number of benzene rings is 2. The minimum Gasteiger partial charge on any atom is -0.481 e. The number of allylic oxidation sites excluding steroid dienone is 2. The van der Waals surface area contributed by atoms with Crippen molar-refractivity contribution < 1.29 is 19.4 Å². The molecule has 0 aromatic heterocycles. The molecule has 5 heteroatoms. The molecule has 0 spiro atoms. The number of carboxylic acids is 1. The predicted molar refractivity (Wildman–Crippen MR) is 109 cm³/mol. The monoisotopic (exact) mass is 386 g/mol. The molecule has 2 rings (SSSR count). The summed E-state index contributed by atoms with van der Waals surface area (Å²) in [7, 11) is -3.91. The Hall–Kier alpha value is -2.16. The van der Waals surface area contributed by atoms with Crippen molar-refractivity contribution in [3.63, 3.8) is 0 Å². The number of rotatable bonds is 9. The van der Waals surface area contributed by atoms with Crippen molar-refractivity contribution >= 4 is 13.3 Å². The molecule has 0 bridgehead atoms. The van der Waals surface area contributed by atoms with Gasteiger partial charge in [-0.25, -0.2) is 0 Å². The molecule has 0 amide bonds. The molecule has 0 heterocycles. The van der Waals surface area contributed by atoms with E-state index < -0.39 is 30.6 Å². The maximum atomic E-state index is 13.8. The molecule has 0 saturated heterocycles. The van der Waals surface area contributed by atoms with Crippen molar-refractivity contribution in [3.8, 4) is 0 Å². The average molecular weight is 386 g/mol. The lowest BCUT2D eigenvalue weighted by Crippen LogP contribution is -2.27. The zero-order chi connectivity index (χ0) is 19.9. The highest BCUT2D eigenvalue weighted by atomic mass is 31.2. The van der Waals surface area contributed by atoms with Gasteiger partial charge in [0.1, 0.15) is 0 Å². The van der Waals surface area contributed by atoms with Crippen LogP contribution in [0, 0.1) is 0 Å². The van der Waals surface area contributed by atoms with Crippen LogP contribution in [0.25, 0.3) is 0 Å². The van der Waals surface area contributed by atoms with Gasteiger partial charge in [0, 0.05) is 0 Å². The highest BCUT2D eigenvalue weighted by Gasteiger charge is 2.45. The van der Waals surface area contributed by atoms with Gasteiger partial charge in [-0.05, 0) is 24.5 Å². The van der Waals surface area contributed by atoms with E-state index in [4.69, 9.17) is 0 Å². The number of hydrogen-bond acceptors (Lipinski definition) is 2. The standard InChI is InChI=1S/C22H27O4P/c1-3-11-19(17-13-7-5-8-14-17)27(25,26)20(12-4-2)21(22(23)24)18-15-9-6-10-16-18/h4-10,12-16,19-21H,3,11H2,1-2H3,(H,23,24)(H,25,26)/b12-4-. The first-order chi connectivity index (χ1) is 12.9. The Balaban J connectivity index is 2.57. The fraction of sp³-hybridized carbons (Fsp3) is 0.318. The fourth-order valence-electron chi connectivity index (χ4n) is 3.51. The Morgan fingerprint density at radius 3 is 2.00 bits per heavy atom. The Kier molecular flexibility index (Phi) is 7.58. The second kappa shape index (κ2) is 9.68. The van der Waals surface area contributed by atoms with Gasteiger partial charge in [-0.15, -0.1) is 0 Å². The average Bonchev–Trinajstić information content (AvgIpc) is 2.67. The maximum Gasteiger partial charge on any atom is 0.312 e. The molecule has 4 unspecified atom stereocenters. The van der Waals surface area contributed by atoms with Gasteiger partial charge in [0.25, 0.3) is 0 Å². The van der Waals surface area contributed by atoms with Gasteiger partial charge >= 0.3 is 5.97 Å². The minimum atomic E-state index is -3.91. The Morgan fingerprint density at radius 2 is 1.56 bits per heavy atom. The summed E-state index contributed by atoms with van der Waals surface area (Å²) in [5, 5.41) is 9.90.